The number of nitrogens with one attached hydrogen (secondary N) is 1. The largest absolute Gasteiger partial charge is 0.294 e. The first-order valence-electron chi connectivity index (χ1n) is 9.86. The molecule has 1 amide bonds. The Bertz CT molecular complexity index is 1040. The lowest BCUT2D eigenvalue weighted by molar-refractivity contribution is 0.0962. The maximum absolute atomic E-state index is 12.6. The van der Waals surface area contributed by atoms with Crippen molar-refractivity contribution in [3.8, 4) is 0 Å². The number of aromatic nitrogens is 2. The molecule has 1 aliphatic rings. The molecule has 2 aromatic carbocycles. The van der Waals surface area contributed by atoms with Crippen molar-refractivity contribution in [2.24, 2.45) is 0 Å². The average molecular weight is 385 g/mol. The molecule has 29 heavy (non-hydrogen) atoms. The lowest BCUT2D eigenvalue weighted by Crippen LogP contribution is -2.22. The Morgan fingerprint density at radius 3 is 2.45 bits per heavy atom. The summed E-state index contributed by atoms with van der Waals surface area (Å²) in [7, 11) is 0. The van der Waals surface area contributed by atoms with Crippen molar-refractivity contribution in [1.29, 1.82) is 0 Å². The zero-order valence-electron chi connectivity index (χ0n) is 16.6. The van der Waals surface area contributed by atoms with E-state index in [2.05, 4.69) is 53.4 Å². The van der Waals surface area contributed by atoms with E-state index in [1.54, 1.807) is 24.3 Å². The van der Waals surface area contributed by atoms with E-state index in [1.165, 1.54) is 11.8 Å². The summed E-state index contributed by atoms with van der Waals surface area (Å²) in [6.45, 7) is 4.33. The highest BCUT2D eigenvalue weighted by Gasteiger charge is 2.28. The van der Waals surface area contributed by atoms with Gasteiger partial charge in [-0.2, -0.15) is 0 Å². The van der Waals surface area contributed by atoms with Gasteiger partial charge in [-0.1, -0.05) is 56.3 Å². The summed E-state index contributed by atoms with van der Waals surface area (Å²) in [5.41, 5.74) is 4.20. The highest BCUT2D eigenvalue weighted by Crippen LogP contribution is 2.32. The third-order valence-corrected chi connectivity index (χ3v) is 5.38. The van der Waals surface area contributed by atoms with Gasteiger partial charge in [0.05, 0.1) is 11.3 Å². The van der Waals surface area contributed by atoms with Crippen LogP contribution in [0.5, 0.6) is 0 Å². The number of amides is 1. The molecule has 0 saturated heterocycles. The molecule has 3 aromatic rings. The monoisotopic (exact) mass is 385 g/mol. The zero-order chi connectivity index (χ0) is 20.4. The number of carbonyl (C=O) groups is 2. The molecule has 1 N–H and O–H groups in total. The molecule has 0 fully saturated rings. The van der Waals surface area contributed by atoms with E-state index in [0.717, 1.165) is 5.56 Å². The van der Waals surface area contributed by atoms with Gasteiger partial charge < -0.3 is 0 Å². The van der Waals surface area contributed by atoms with Crippen LogP contribution in [0, 0.1) is 0 Å². The van der Waals surface area contributed by atoms with Gasteiger partial charge >= 0.3 is 0 Å². The number of fused-ring (bicyclic) bond motifs is 1. The third kappa shape index (κ3) is 4.09. The number of Topliss-reactive ketones (excluding diaryl/α,β-unsaturated/α-hetero) is 1. The van der Waals surface area contributed by atoms with Gasteiger partial charge in [0, 0.05) is 18.2 Å². The second-order valence-electron chi connectivity index (χ2n) is 7.72. The second kappa shape index (κ2) is 7.95. The van der Waals surface area contributed by atoms with Crippen molar-refractivity contribution >= 4 is 17.6 Å². The van der Waals surface area contributed by atoms with Crippen LogP contribution in [0.1, 0.15) is 69.6 Å². The summed E-state index contributed by atoms with van der Waals surface area (Å²) in [6, 6.07) is 17.4. The van der Waals surface area contributed by atoms with Crippen LogP contribution in [0.25, 0.3) is 0 Å². The Labute approximate surface area is 170 Å². The quantitative estimate of drug-likeness (QED) is 0.702. The smallest absolute Gasteiger partial charge is 0.258 e. The van der Waals surface area contributed by atoms with E-state index in [4.69, 9.17) is 0 Å². The van der Waals surface area contributed by atoms with Crippen LogP contribution in [0.2, 0.25) is 0 Å². The van der Waals surface area contributed by atoms with Crippen molar-refractivity contribution in [2.45, 2.75) is 38.5 Å². The standard InChI is InChI=1S/C24H23N3O2/c1-15(2)16-8-10-17(11-9-16)19-12-21-20(22(28)13-19)14-25-24(26-21)27-23(29)18-6-4-3-5-7-18/h3-11,14-15,19H,12-13H2,1-2H3,(H,25,26,27,29)/t19-/m1/s1. The van der Waals surface area contributed by atoms with Gasteiger partial charge in [-0.3, -0.25) is 14.9 Å². The van der Waals surface area contributed by atoms with Crippen LogP contribution in [-0.2, 0) is 6.42 Å². The minimum atomic E-state index is -0.270. The first-order valence-corrected chi connectivity index (χ1v) is 9.86. The minimum Gasteiger partial charge on any atom is -0.294 e. The summed E-state index contributed by atoms with van der Waals surface area (Å²) in [4.78, 5) is 33.7. The number of benzene rings is 2. The van der Waals surface area contributed by atoms with Gasteiger partial charge in [-0.25, -0.2) is 9.97 Å². The lowest BCUT2D eigenvalue weighted by atomic mass is 9.81. The van der Waals surface area contributed by atoms with Crippen LogP contribution in [-0.4, -0.2) is 21.7 Å². The second-order valence-corrected chi connectivity index (χ2v) is 7.72. The number of anilines is 1. The van der Waals surface area contributed by atoms with Crippen LogP contribution in [0.4, 0.5) is 5.95 Å². The number of rotatable bonds is 4. The van der Waals surface area contributed by atoms with Crippen molar-refractivity contribution in [1.82, 2.24) is 9.97 Å². The Morgan fingerprint density at radius 2 is 1.76 bits per heavy atom. The summed E-state index contributed by atoms with van der Waals surface area (Å²) >= 11 is 0. The maximum Gasteiger partial charge on any atom is 0.258 e. The van der Waals surface area contributed by atoms with E-state index in [-0.39, 0.29) is 23.6 Å². The van der Waals surface area contributed by atoms with Gasteiger partial charge in [0.1, 0.15) is 0 Å². The zero-order valence-corrected chi connectivity index (χ0v) is 16.6. The number of hydrogen-bond acceptors (Lipinski definition) is 4. The molecule has 0 saturated carbocycles. The maximum atomic E-state index is 12.6. The molecule has 1 aromatic heterocycles. The fourth-order valence-corrected chi connectivity index (χ4v) is 3.66. The molecule has 4 rings (SSSR count). The molecule has 1 aliphatic carbocycles. The number of carbonyl (C=O) groups excluding carboxylic acids is 2. The molecule has 5 nitrogen and oxygen atoms in total. The molecule has 0 radical (unpaired) electrons. The van der Waals surface area contributed by atoms with E-state index >= 15 is 0 Å². The number of hydrogen-bond donors (Lipinski definition) is 1. The van der Waals surface area contributed by atoms with E-state index in [9.17, 15) is 9.59 Å². The lowest BCUT2D eigenvalue weighted by Gasteiger charge is -2.23. The topological polar surface area (TPSA) is 72.0 Å². The average Bonchev–Trinajstić information content (AvgIpc) is 2.74. The fraction of sp³-hybridized carbons (Fsp3) is 0.250. The Kier molecular flexibility index (Phi) is 5.21. The van der Waals surface area contributed by atoms with Gasteiger partial charge in [-0.15, -0.1) is 0 Å². The molecule has 146 valence electrons. The van der Waals surface area contributed by atoms with Gasteiger partial charge in [0.15, 0.2) is 5.78 Å². The SMILES string of the molecule is CC(C)c1ccc([C@H]2CC(=O)c3cnc(NC(=O)c4ccccc4)nc3C2)cc1. The van der Waals surface area contributed by atoms with Crippen molar-refractivity contribution < 1.29 is 9.59 Å². The van der Waals surface area contributed by atoms with E-state index < -0.39 is 0 Å². The predicted octanol–water partition coefficient (Wildman–Crippen LogP) is 4.77. The summed E-state index contributed by atoms with van der Waals surface area (Å²) in [6.07, 6.45) is 2.63. The summed E-state index contributed by atoms with van der Waals surface area (Å²) < 4.78 is 0. The first kappa shape index (κ1) is 19.0. The molecule has 1 heterocycles. The molecule has 5 heteroatoms. The highest BCUT2D eigenvalue weighted by molar-refractivity contribution is 6.03. The van der Waals surface area contributed by atoms with E-state index in [1.807, 2.05) is 6.07 Å². The highest BCUT2D eigenvalue weighted by atomic mass is 16.1. The molecule has 0 spiro atoms. The predicted molar refractivity (Wildman–Crippen MR) is 112 cm³/mol. The number of nitrogens with zero attached hydrogens (tertiary/aromatic N) is 2. The third-order valence-electron chi connectivity index (χ3n) is 5.38. The van der Waals surface area contributed by atoms with Gasteiger partial charge in [0.2, 0.25) is 5.95 Å². The van der Waals surface area contributed by atoms with Crippen molar-refractivity contribution in [2.75, 3.05) is 5.32 Å². The van der Waals surface area contributed by atoms with Crippen LogP contribution in [0.15, 0.2) is 60.8 Å². The van der Waals surface area contributed by atoms with Crippen LogP contribution in [0.3, 0.4) is 0 Å². The minimum absolute atomic E-state index is 0.0464. The molecule has 0 aliphatic heterocycles. The van der Waals surface area contributed by atoms with Crippen LogP contribution < -0.4 is 5.32 Å². The van der Waals surface area contributed by atoms with Crippen molar-refractivity contribution in [3.63, 3.8) is 0 Å². The Hall–Kier alpha value is -3.34. The normalized spacial score (nSPS) is 15.8. The first-order chi connectivity index (χ1) is 14.0. The van der Waals surface area contributed by atoms with E-state index in [0.29, 0.717) is 35.6 Å². The van der Waals surface area contributed by atoms with Crippen LogP contribution >= 0.6 is 0 Å². The summed E-state index contributed by atoms with van der Waals surface area (Å²) in [5, 5.41) is 2.73. The molecule has 1 atom stereocenters. The molecular formula is C24H23N3O2. The molecule has 0 bridgehead atoms. The van der Waals surface area contributed by atoms with Gasteiger partial charge in [0.25, 0.3) is 5.91 Å². The number of ketones is 1. The summed E-state index contributed by atoms with van der Waals surface area (Å²) in [5.74, 6) is 0.560. The Balaban J connectivity index is 1.55. The Morgan fingerprint density at radius 1 is 1.03 bits per heavy atom. The fourth-order valence-electron chi connectivity index (χ4n) is 3.66. The molecular weight excluding hydrogens is 362 g/mol. The van der Waals surface area contributed by atoms with Crippen molar-refractivity contribution in [3.05, 3.63) is 88.7 Å². The molecule has 0 unspecified atom stereocenters. The van der Waals surface area contributed by atoms with Gasteiger partial charge in [-0.05, 0) is 41.5 Å².